The number of hydrogen-bond acceptors (Lipinski definition) is 1. The molecule has 2 N–H and O–H groups in total. The summed E-state index contributed by atoms with van der Waals surface area (Å²) in [4.78, 5) is 0. The minimum absolute atomic E-state index is 0.478. The van der Waals surface area contributed by atoms with Crippen LogP contribution in [0.3, 0.4) is 0 Å². The van der Waals surface area contributed by atoms with Gasteiger partial charge in [-0.2, -0.15) is 0 Å². The van der Waals surface area contributed by atoms with Crippen molar-refractivity contribution >= 4 is 23.0 Å². The monoisotopic (exact) mass is 302 g/mol. The van der Waals surface area contributed by atoms with Gasteiger partial charge in [-0.3, -0.25) is 0 Å². The quantitative estimate of drug-likeness (QED) is 0.809. The lowest BCUT2D eigenvalue weighted by Crippen LogP contribution is -2.42. The van der Waals surface area contributed by atoms with E-state index in [1.807, 2.05) is 0 Å². The molecule has 2 bridgehead atoms. The Morgan fingerprint density at radius 2 is 2.05 bits per heavy atom. The van der Waals surface area contributed by atoms with Crippen LogP contribution in [0.2, 0.25) is 0 Å². The van der Waals surface area contributed by atoms with Crippen molar-refractivity contribution in [2.75, 3.05) is 5.32 Å². The number of rotatable bonds is 3. The second kappa shape index (κ2) is 5.96. The minimum atomic E-state index is 0.478. The molecular formula is C18H26N2S. The molecule has 1 aromatic rings. The number of hydrogen-bond donors (Lipinski definition) is 2. The molecule has 0 heterocycles. The zero-order chi connectivity index (χ0) is 15.0. The van der Waals surface area contributed by atoms with Crippen molar-refractivity contribution in [1.82, 2.24) is 5.32 Å². The van der Waals surface area contributed by atoms with Crippen LogP contribution >= 0.6 is 12.2 Å². The lowest BCUT2D eigenvalue weighted by atomic mass is 9.84. The Bertz CT molecular complexity index is 540. The van der Waals surface area contributed by atoms with Crippen LogP contribution in [0.4, 0.5) is 5.69 Å². The summed E-state index contributed by atoms with van der Waals surface area (Å²) in [6.45, 7) is 6.53. The van der Waals surface area contributed by atoms with Gasteiger partial charge < -0.3 is 10.6 Å². The van der Waals surface area contributed by atoms with E-state index in [2.05, 4.69) is 49.6 Å². The molecule has 0 spiro atoms. The van der Waals surface area contributed by atoms with E-state index in [1.165, 1.54) is 36.8 Å². The standard InChI is InChI=1S/C18H26N2S/c1-11-4-7-17(12(2)8-11)20-18(21)19-13(3)16-10-14-5-6-15(16)9-14/h4,7-8,13-16H,5-6,9-10H2,1-3H3,(H2,19,20,21). The number of benzene rings is 1. The molecule has 0 aliphatic heterocycles. The summed E-state index contributed by atoms with van der Waals surface area (Å²) in [5.41, 5.74) is 3.64. The number of thiocarbonyl (C=S) groups is 1. The van der Waals surface area contributed by atoms with Crippen LogP contribution in [0.15, 0.2) is 18.2 Å². The first-order valence-electron chi connectivity index (χ1n) is 8.17. The molecule has 114 valence electrons. The van der Waals surface area contributed by atoms with E-state index in [1.54, 1.807) is 0 Å². The van der Waals surface area contributed by atoms with Crippen molar-refractivity contribution in [3.05, 3.63) is 29.3 Å². The van der Waals surface area contributed by atoms with Gasteiger partial charge in [0.1, 0.15) is 0 Å². The molecule has 4 atom stereocenters. The van der Waals surface area contributed by atoms with E-state index in [-0.39, 0.29) is 0 Å². The Balaban J connectivity index is 1.56. The van der Waals surface area contributed by atoms with Gasteiger partial charge in [-0.05, 0) is 81.6 Å². The van der Waals surface area contributed by atoms with Crippen molar-refractivity contribution in [1.29, 1.82) is 0 Å². The van der Waals surface area contributed by atoms with Crippen molar-refractivity contribution in [2.24, 2.45) is 17.8 Å². The molecule has 2 aliphatic rings. The van der Waals surface area contributed by atoms with Crippen LogP contribution in [0, 0.1) is 31.6 Å². The largest absolute Gasteiger partial charge is 0.360 e. The Labute approximate surface area is 133 Å². The average Bonchev–Trinajstić information content (AvgIpc) is 3.04. The highest BCUT2D eigenvalue weighted by molar-refractivity contribution is 7.80. The fourth-order valence-electron chi connectivity index (χ4n) is 4.33. The van der Waals surface area contributed by atoms with Gasteiger partial charge in [0.2, 0.25) is 0 Å². The van der Waals surface area contributed by atoms with Gasteiger partial charge in [0.25, 0.3) is 0 Å². The van der Waals surface area contributed by atoms with Gasteiger partial charge in [-0.1, -0.05) is 24.1 Å². The Morgan fingerprint density at radius 1 is 1.24 bits per heavy atom. The number of anilines is 1. The second-order valence-corrected chi connectivity index (χ2v) is 7.45. The topological polar surface area (TPSA) is 24.1 Å². The average molecular weight is 302 g/mol. The Morgan fingerprint density at radius 3 is 2.67 bits per heavy atom. The van der Waals surface area contributed by atoms with Gasteiger partial charge in [0.05, 0.1) is 0 Å². The first kappa shape index (κ1) is 14.8. The van der Waals surface area contributed by atoms with Crippen molar-refractivity contribution in [3.8, 4) is 0 Å². The molecule has 3 heteroatoms. The number of fused-ring (bicyclic) bond motifs is 2. The van der Waals surface area contributed by atoms with Crippen molar-refractivity contribution in [2.45, 2.75) is 52.5 Å². The molecule has 1 aromatic carbocycles. The van der Waals surface area contributed by atoms with Gasteiger partial charge in [0.15, 0.2) is 5.11 Å². The van der Waals surface area contributed by atoms with Crippen molar-refractivity contribution in [3.63, 3.8) is 0 Å². The number of aryl methyl sites for hydroxylation is 2. The molecule has 2 nitrogen and oxygen atoms in total. The summed E-state index contributed by atoms with van der Waals surface area (Å²) in [5, 5.41) is 7.63. The lowest BCUT2D eigenvalue weighted by molar-refractivity contribution is 0.279. The summed E-state index contributed by atoms with van der Waals surface area (Å²) in [7, 11) is 0. The molecule has 3 rings (SSSR count). The summed E-state index contributed by atoms with van der Waals surface area (Å²) in [5.74, 6) is 2.73. The zero-order valence-corrected chi connectivity index (χ0v) is 14.1. The molecule has 0 saturated heterocycles. The normalized spacial score (nSPS) is 28.4. The SMILES string of the molecule is Cc1ccc(NC(=S)NC(C)C2CC3CCC2C3)c(C)c1. The van der Waals surface area contributed by atoms with Crippen LogP contribution in [0.25, 0.3) is 0 Å². The van der Waals surface area contributed by atoms with E-state index >= 15 is 0 Å². The summed E-state index contributed by atoms with van der Waals surface area (Å²) in [6.07, 6.45) is 5.73. The van der Waals surface area contributed by atoms with E-state index < -0.39 is 0 Å². The summed E-state index contributed by atoms with van der Waals surface area (Å²) < 4.78 is 0. The third kappa shape index (κ3) is 3.23. The summed E-state index contributed by atoms with van der Waals surface area (Å²) in [6, 6.07) is 6.90. The van der Waals surface area contributed by atoms with Crippen LogP contribution in [0.5, 0.6) is 0 Å². The van der Waals surface area contributed by atoms with E-state index in [0.29, 0.717) is 6.04 Å². The first-order valence-corrected chi connectivity index (χ1v) is 8.58. The maximum Gasteiger partial charge on any atom is 0.171 e. The molecule has 4 unspecified atom stereocenters. The molecular weight excluding hydrogens is 276 g/mol. The predicted octanol–water partition coefficient (Wildman–Crippen LogP) is 4.41. The van der Waals surface area contributed by atoms with Gasteiger partial charge in [0, 0.05) is 11.7 Å². The highest BCUT2D eigenvalue weighted by atomic mass is 32.1. The Hall–Kier alpha value is -1.09. The van der Waals surface area contributed by atoms with Crippen LogP contribution in [0.1, 0.15) is 43.7 Å². The van der Waals surface area contributed by atoms with Crippen LogP contribution in [-0.4, -0.2) is 11.2 Å². The smallest absolute Gasteiger partial charge is 0.171 e. The molecule has 0 radical (unpaired) electrons. The molecule has 0 amide bonds. The van der Waals surface area contributed by atoms with E-state index in [0.717, 1.165) is 28.6 Å². The van der Waals surface area contributed by atoms with Crippen LogP contribution in [-0.2, 0) is 0 Å². The Kier molecular flexibility index (Phi) is 4.21. The lowest BCUT2D eigenvalue weighted by Gasteiger charge is -2.29. The minimum Gasteiger partial charge on any atom is -0.360 e. The summed E-state index contributed by atoms with van der Waals surface area (Å²) >= 11 is 5.50. The highest BCUT2D eigenvalue weighted by Gasteiger charge is 2.41. The third-order valence-electron chi connectivity index (χ3n) is 5.42. The molecule has 2 aliphatic carbocycles. The maximum atomic E-state index is 5.50. The van der Waals surface area contributed by atoms with Gasteiger partial charge >= 0.3 is 0 Å². The molecule has 21 heavy (non-hydrogen) atoms. The van der Waals surface area contributed by atoms with Gasteiger partial charge in [-0.25, -0.2) is 0 Å². The zero-order valence-electron chi connectivity index (χ0n) is 13.3. The predicted molar refractivity (Wildman–Crippen MR) is 93.7 cm³/mol. The maximum absolute atomic E-state index is 5.50. The fourth-order valence-corrected chi connectivity index (χ4v) is 4.63. The molecule has 2 saturated carbocycles. The van der Waals surface area contributed by atoms with Crippen molar-refractivity contribution < 1.29 is 0 Å². The third-order valence-corrected chi connectivity index (χ3v) is 5.64. The van der Waals surface area contributed by atoms with E-state index in [9.17, 15) is 0 Å². The molecule has 0 aromatic heterocycles. The molecule has 2 fully saturated rings. The van der Waals surface area contributed by atoms with E-state index in [4.69, 9.17) is 12.2 Å². The highest BCUT2D eigenvalue weighted by Crippen LogP contribution is 2.49. The van der Waals surface area contributed by atoms with Crippen LogP contribution < -0.4 is 10.6 Å². The second-order valence-electron chi connectivity index (χ2n) is 7.04. The fraction of sp³-hybridized carbons (Fsp3) is 0.611. The van der Waals surface area contributed by atoms with Gasteiger partial charge in [-0.15, -0.1) is 0 Å². The number of nitrogens with one attached hydrogen (secondary N) is 2. The first-order chi connectivity index (χ1) is 10.0.